The van der Waals surface area contributed by atoms with Crippen molar-refractivity contribution in [2.24, 2.45) is 0 Å². The second-order valence-corrected chi connectivity index (χ2v) is 6.54. The summed E-state index contributed by atoms with van der Waals surface area (Å²) in [5, 5.41) is 4.18. The van der Waals surface area contributed by atoms with Crippen molar-refractivity contribution < 1.29 is 8.78 Å². The fraction of sp³-hybridized carbons (Fsp3) is 0.211. The summed E-state index contributed by atoms with van der Waals surface area (Å²) in [6, 6.07) is 6.26. The van der Waals surface area contributed by atoms with Gasteiger partial charge in [0.1, 0.15) is 23.8 Å². The minimum absolute atomic E-state index is 0.319. The molecule has 4 aromatic rings. The molecule has 0 atom stereocenters. The van der Waals surface area contributed by atoms with E-state index in [-0.39, 0.29) is 0 Å². The van der Waals surface area contributed by atoms with E-state index >= 15 is 0 Å². The maximum absolute atomic E-state index is 14.6. The van der Waals surface area contributed by atoms with Crippen molar-refractivity contribution in [3.05, 3.63) is 59.8 Å². The van der Waals surface area contributed by atoms with Gasteiger partial charge in [-0.05, 0) is 37.1 Å². The predicted molar refractivity (Wildman–Crippen MR) is 92.6 cm³/mol. The molecule has 4 heterocycles. The highest BCUT2D eigenvalue weighted by Gasteiger charge is 2.25. The molecule has 0 saturated heterocycles. The van der Waals surface area contributed by atoms with Gasteiger partial charge in [0.05, 0.1) is 11.4 Å². The number of aromatic nitrogens is 5. The molecule has 0 bridgehead atoms. The van der Waals surface area contributed by atoms with Gasteiger partial charge in [-0.15, -0.1) is 0 Å². The minimum Gasteiger partial charge on any atom is -0.327 e. The zero-order chi connectivity index (χ0) is 17.8. The first-order valence-corrected chi connectivity index (χ1v) is 8.47. The van der Waals surface area contributed by atoms with Crippen LogP contribution in [-0.2, 0) is 13.0 Å². The molecular weight excluding hydrogens is 336 g/mol. The van der Waals surface area contributed by atoms with Crippen LogP contribution < -0.4 is 0 Å². The number of pyridine rings is 1. The number of nitrogens with zero attached hydrogens (tertiary/aromatic N) is 5. The van der Waals surface area contributed by atoms with Crippen LogP contribution in [0.15, 0.2) is 36.8 Å². The van der Waals surface area contributed by atoms with E-state index < -0.39 is 11.6 Å². The molecule has 0 aliphatic carbocycles. The highest BCUT2D eigenvalue weighted by Crippen LogP contribution is 2.37. The number of imidazole rings is 1. The zero-order valence-electron chi connectivity index (χ0n) is 14.1. The standard InChI is InChI=1S/C19H15F2N5/c1-11-7-13(15(21)8-14(11)20)18-19(25-6-2-3-17(25)24-18)12-4-5-16-22-10-23-26(16)9-12/h4-5,7-10H,2-3,6H2,1H3. The molecule has 0 amide bonds. The Balaban J connectivity index is 1.78. The van der Waals surface area contributed by atoms with Crippen molar-refractivity contribution in [2.45, 2.75) is 26.3 Å². The van der Waals surface area contributed by atoms with Gasteiger partial charge in [0, 0.05) is 36.4 Å². The van der Waals surface area contributed by atoms with E-state index in [9.17, 15) is 8.78 Å². The van der Waals surface area contributed by atoms with Gasteiger partial charge in [0.15, 0.2) is 5.65 Å². The van der Waals surface area contributed by atoms with Crippen LogP contribution in [0, 0.1) is 18.6 Å². The summed E-state index contributed by atoms with van der Waals surface area (Å²) >= 11 is 0. The maximum atomic E-state index is 14.6. The quantitative estimate of drug-likeness (QED) is 0.552. The number of halogens is 2. The van der Waals surface area contributed by atoms with Crippen molar-refractivity contribution >= 4 is 5.65 Å². The van der Waals surface area contributed by atoms with Crippen LogP contribution in [0.4, 0.5) is 8.78 Å². The maximum Gasteiger partial charge on any atom is 0.155 e. The lowest BCUT2D eigenvalue weighted by atomic mass is 10.0. The van der Waals surface area contributed by atoms with E-state index in [2.05, 4.69) is 14.6 Å². The predicted octanol–water partition coefficient (Wildman–Crippen LogP) is 3.79. The van der Waals surface area contributed by atoms with Crippen LogP contribution in [0.5, 0.6) is 0 Å². The third kappa shape index (κ3) is 2.16. The van der Waals surface area contributed by atoms with E-state index in [0.29, 0.717) is 16.8 Å². The molecule has 5 rings (SSSR count). The molecule has 1 aliphatic heterocycles. The highest BCUT2D eigenvalue weighted by atomic mass is 19.1. The Morgan fingerprint density at radius 3 is 2.88 bits per heavy atom. The Kier molecular flexibility index (Phi) is 3.19. The third-order valence-corrected chi connectivity index (χ3v) is 4.88. The molecule has 7 heteroatoms. The normalized spacial score (nSPS) is 13.5. The van der Waals surface area contributed by atoms with Crippen molar-refractivity contribution in [3.63, 3.8) is 0 Å². The molecule has 0 saturated carbocycles. The average molecular weight is 351 g/mol. The first-order valence-electron chi connectivity index (χ1n) is 8.47. The Morgan fingerprint density at radius 1 is 1.12 bits per heavy atom. The molecule has 1 aliphatic rings. The van der Waals surface area contributed by atoms with Crippen molar-refractivity contribution in [3.8, 4) is 22.5 Å². The summed E-state index contributed by atoms with van der Waals surface area (Å²) < 4.78 is 32.1. The average Bonchev–Trinajstić information content (AvgIpc) is 3.32. The molecule has 1 aromatic carbocycles. The van der Waals surface area contributed by atoms with Crippen LogP contribution in [0.2, 0.25) is 0 Å². The molecule has 0 fully saturated rings. The lowest BCUT2D eigenvalue weighted by Gasteiger charge is -2.10. The van der Waals surface area contributed by atoms with Crippen molar-refractivity contribution in [1.29, 1.82) is 0 Å². The molecule has 0 spiro atoms. The monoisotopic (exact) mass is 351 g/mol. The number of hydrogen-bond acceptors (Lipinski definition) is 3. The van der Waals surface area contributed by atoms with Gasteiger partial charge in [-0.25, -0.2) is 23.3 Å². The topological polar surface area (TPSA) is 48.0 Å². The molecular formula is C19H15F2N5. The molecule has 0 N–H and O–H groups in total. The molecule has 26 heavy (non-hydrogen) atoms. The summed E-state index contributed by atoms with van der Waals surface area (Å²) in [5.41, 5.74) is 3.70. The lowest BCUT2D eigenvalue weighted by molar-refractivity contribution is 0.579. The van der Waals surface area contributed by atoms with E-state index in [1.165, 1.54) is 12.4 Å². The molecule has 3 aromatic heterocycles. The SMILES string of the molecule is Cc1cc(-c2nc3n(c2-c2ccc4ncnn4c2)CCC3)c(F)cc1F. The minimum atomic E-state index is -0.604. The first kappa shape index (κ1) is 15.2. The van der Waals surface area contributed by atoms with Crippen molar-refractivity contribution in [1.82, 2.24) is 24.1 Å². The molecule has 0 radical (unpaired) electrons. The summed E-state index contributed by atoms with van der Waals surface area (Å²) in [5.74, 6) is -0.230. The van der Waals surface area contributed by atoms with Gasteiger partial charge in [0.2, 0.25) is 0 Å². The van der Waals surface area contributed by atoms with Crippen LogP contribution in [0.3, 0.4) is 0 Å². The fourth-order valence-electron chi connectivity index (χ4n) is 3.60. The molecule has 0 unspecified atom stereocenters. The summed E-state index contributed by atoms with van der Waals surface area (Å²) in [6.45, 7) is 2.46. The summed E-state index contributed by atoms with van der Waals surface area (Å²) in [4.78, 5) is 8.85. The largest absolute Gasteiger partial charge is 0.327 e. The van der Waals surface area contributed by atoms with Crippen LogP contribution >= 0.6 is 0 Å². The number of aryl methyl sites for hydroxylation is 2. The third-order valence-electron chi connectivity index (χ3n) is 4.88. The van der Waals surface area contributed by atoms with Gasteiger partial charge in [-0.2, -0.15) is 5.10 Å². The van der Waals surface area contributed by atoms with Crippen molar-refractivity contribution in [2.75, 3.05) is 0 Å². The highest BCUT2D eigenvalue weighted by molar-refractivity contribution is 5.80. The fourth-order valence-corrected chi connectivity index (χ4v) is 3.60. The van der Waals surface area contributed by atoms with E-state index in [1.54, 1.807) is 11.4 Å². The first-order chi connectivity index (χ1) is 12.6. The molecule has 5 nitrogen and oxygen atoms in total. The second kappa shape index (κ2) is 5.45. The number of rotatable bonds is 2. The second-order valence-electron chi connectivity index (χ2n) is 6.54. The van der Waals surface area contributed by atoms with E-state index in [4.69, 9.17) is 4.98 Å². The Bertz CT molecular complexity index is 1160. The number of hydrogen-bond donors (Lipinski definition) is 0. The van der Waals surface area contributed by atoms with E-state index in [0.717, 1.165) is 48.2 Å². The Morgan fingerprint density at radius 2 is 2.00 bits per heavy atom. The van der Waals surface area contributed by atoms with E-state index in [1.807, 2.05) is 18.3 Å². The zero-order valence-corrected chi connectivity index (χ0v) is 14.1. The van der Waals surface area contributed by atoms with Gasteiger partial charge in [0.25, 0.3) is 0 Å². The number of benzene rings is 1. The van der Waals surface area contributed by atoms with Crippen LogP contribution in [0.25, 0.3) is 28.2 Å². The number of fused-ring (bicyclic) bond motifs is 2. The summed E-state index contributed by atoms with van der Waals surface area (Å²) in [7, 11) is 0. The van der Waals surface area contributed by atoms with Crippen LogP contribution in [-0.4, -0.2) is 24.1 Å². The smallest absolute Gasteiger partial charge is 0.155 e. The Hall–Kier alpha value is -3.09. The Labute approximate surface area is 147 Å². The van der Waals surface area contributed by atoms with Gasteiger partial charge >= 0.3 is 0 Å². The van der Waals surface area contributed by atoms with Gasteiger partial charge < -0.3 is 4.57 Å². The molecule has 130 valence electrons. The summed E-state index contributed by atoms with van der Waals surface area (Å²) in [6.07, 6.45) is 5.21. The van der Waals surface area contributed by atoms with Crippen LogP contribution in [0.1, 0.15) is 17.8 Å². The lowest BCUT2D eigenvalue weighted by Crippen LogP contribution is -1.99. The van der Waals surface area contributed by atoms with Gasteiger partial charge in [-0.3, -0.25) is 0 Å². The van der Waals surface area contributed by atoms with Gasteiger partial charge in [-0.1, -0.05) is 0 Å².